The van der Waals surface area contributed by atoms with Crippen LogP contribution in [0.15, 0.2) is 12.5 Å². The zero-order valence-electron chi connectivity index (χ0n) is 10.6. The van der Waals surface area contributed by atoms with E-state index in [-0.39, 0.29) is 23.9 Å². The van der Waals surface area contributed by atoms with Gasteiger partial charge in [0.15, 0.2) is 9.84 Å². The van der Waals surface area contributed by atoms with Gasteiger partial charge in [-0.05, 0) is 12.8 Å². The van der Waals surface area contributed by atoms with Crippen LogP contribution in [-0.2, 0) is 16.4 Å². The second kappa shape index (κ2) is 5.70. The fourth-order valence-corrected chi connectivity index (χ4v) is 3.90. The number of nitrogens with two attached hydrogens (primary N) is 1. The molecule has 106 valence electrons. The molecule has 1 aliphatic rings. The first-order valence-electron chi connectivity index (χ1n) is 6.24. The number of hydrogen-bond acceptors (Lipinski definition) is 5. The molecule has 2 heterocycles. The molecule has 1 aliphatic heterocycles. The summed E-state index contributed by atoms with van der Waals surface area (Å²) in [5.74, 6) is -0.128. The molecule has 8 heteroatoms. The van der Waals surface area contributed by atoms with Gasteiger partial charge in [0.25, 0.3) is 5.91 Å². The largest absolute Gasteiger partial charge is 0.349 e. The van der Waals surface area contributed by atoms with E-state index in [2.05, 4.69) is 10.3 Å². The fraction of sp³-hybridized carbons (Fsp3) is 0.636. The Hall–Kier alpha value is -1.41. The van der Waals surface area contributed by atoms with Gasteiger partial charge in [-0.1, -0.05) is 0 Å². The van der Waals surface area contributed by atoms with Gasteiger partial charge in [-0.25, -0.2) is 13.4 Å². The predicted molar refractivity (Wildman–Crippen MR) is 70.4 cm³/mol. The standard InChI is InChI=1S/C11H18N4O3S/c12-3-4-15-7-10(14-8-15)11(16)13-6-9-2-1-5-19(9,17)18/h7-9H,1-6,12H2,(H,13,16). The molecular weight excluding hydrogens is 268 g/mol. The SMILES string of the molecule is NCCn1cnc(C(=O)NCC2CCCS2(=O)=O)c1. The van der Waals surface area contributed by atoms with Crippen LogP contribution in [0, 0.1) is 0 Å². The van der Waals surface area contributed by atoms with Gasteiger partial charge in [0, 0.05) is 25.8 Å². The van der Waals surface area contributed by atoms with Crippen LogP contribution in [0.4, 0.5) is 0 Å². The van der Waals surface area contributed by atoms with Crippen molar-refractivity contribution < 1.29 is 13.2 Å². The number of amides is 1. The highest BCUT2D eigenvalue weighted by Gasteiger charge is 2.31. The van der Waals surface area contributed by atoms with Crippen molar-refractivity contribution >= 4 is 15.7 Å². The first kappa shape index (κ1) is 14.0. The van der Waals surface area contributed by atoms with Crippen LogP contribution in [0.2, 0.25) is 0 Å². The van der Waals surface area contributed by atoms with E-state index >= 15 is 0 Å². The zero-order chi connectivity index (χ0) is 13.9. The molecule has 0 radical (unpaired) electrons. The topological polar surface area (TPSA) is 107 Å². The molecule has 1 aromatic heterocycles. The molecule has 19 heavy (non-hydrogen) atoms. The van der Waals surface area contributed by atoms with Crippen molar-refractivity contribution in [2.45, 2.75) is 24.6 Å². The minimum atomic E-state index is -3.03. The highest BCUT2D eigenvalue weighted by Crippen LogP contribution is 2.19. The highest BCUT2D eigenvalue weighted by molar-refractivity contribution is 7.92. The van der Waals surface area contributed by atoms with E-state index in [0.717, 1.165) is 0 Å². The lowest BCUT2D eigenvalue weighted by atomic mass is 10.2. The number of aromatic nitrogens is 2. The van der Waals surface area contributed by atoms with Crippen LogP contribution in [-0.4, -0.2) is 48.0 Å². The number of nitrogens with zero attached hydrogens (tertiary/aromatic N) is 2. The molecule has 0 spiro atoms. The monoisotopic (exact) mass is 286 g/mol. The summed E-state index contributed by atoms with van der Waals surface area (Å²) in [6, 6.07) is 0. The average Bonchev–Trinajstić information content (AvgIpc) is 2.93. The molecule has 7 nitrogen and oxygen atoms in total. The van der Waals surface area contributed by atoms with E-state index < -0.39 is 15.1 Å². The number of rotatable bonds is 5. The van der Waals surface area contributed by atoms with Crippen molar-refractivity contribution in [1.82, 2.24) is 14.9 Å². The van der Waals surface area contributed by atoms with Crippen molar-refractivity contribution in [2.75, 3.05) is 18.8 Å². The van der Waals surface area contributed by atoms with Gasteiger partial charge in [-0.2, -0.15) is 0 Å². The molecule has 3 N–H and O–H groups in total. The third-order valence-corrected chi connectivity index (χ3v) is 5.48. The lowest BCUT2D eigenvalue weighted by Crippen LogP contribution is -2.34. The average molecular weight is 286 g/mol. The van der Waals surface area contributed by atoms with E-state index in [1.54, 1.807) is 10.8 Å². The Labute approximate surface area is 112 Å². The van der Waals surface area contributed by atoms with Crippen LogP contribution in [0.25, 0.3) is 0 Å². The van der Waals surface area contributed by atoms with E-state index in [9.17, 15) is 13.2 Å². The summed E-state index contributed by atoms with van der Waals surface area (Å²) in [5, 5.41) is 2.17. The Morgan fingerprint density at radius 1 is 1.58 bits per heavy atom. The number of carbonyl (C=O) groups excluding carboxylic acids is 1. The summed E-state index contributed by atoms with van der Waals surface area (Å²) >= 11 is 0. The summed E-state index contributed by atoms with van der Waals surface area (Å²) < 4.78 is 25.0. The Bertz CT molecular complexity index is 552. The Morgan fingerprint density at radius 3 is 3.00 bits per heavy atom. The van der Waals surface area contributed by atoms with Crippen molar-refractivity contribution in [3.05, 3.63) is 18.2 Å². The van der Waals surface area contributed by atoms with Crippen molar-refractivity contribution in [3.63, 3.8) is 0 Å². The first-order chi connectivity index (χ1) is 9.03. The lowest BCUT2D eigenvalue weighted by Gasteiger charge is -2.09. The fourth-order valence-electron chi connectivity index (χ4n) is 2.13. The van der Waals surface area contributed by atoms with Crippen molar-refractivity contribution in [1.29, 1.82) is 0 Å². The normalized spacial score (nSPS) is 21.4. The molecule has 1 unspecified atom stereocenters. The maximum atomic E-state index is 11.8. The van der Waals surface area contributed by atoms with Gasteiger partial charge in [-0.3, -0.25) is 4.79 Å². The number of sulfone groups is 1. The smallest absolute Gasteiger partial charge is 0.271 e. The molecule has 0 aromatic carbocycles. The minimum absolute atomic E-state index is 0.158. The molecule has 0 aliphatic carbocycles. The second-order valence-electron chi connectivity index (χ2n) is 4.63. The van der Waals surface area contributed by atoms with Crippen LogP contribution < -0.4 is 11.1 Å². The maximum Gasteiger partial charge on any atom is 0.271 e. The van der Waals surface area contributed by atoms with Crippen LogP contribution in [0.1, 0.15) is 23.3 Å². The third kappa shape index (κ3) is 3.32. The van der Waals surface area contributed by atoms with E-state index in [0.29, 0.717) is 25.9 Å². The number of hydrogen-bond donors (Lipinski definition) is 2. The van der Waals surface area contributed by atoms with Gasteiger partial charge < -0.3 is 15.6 Å². The van der Waals surface area contributed by atoms with Gasteiger partial charge in [-0.15, -0.1) is 0 Å². The maximum absolute atomic E-state index is 11.8. The molecule has 0 saturated carbocycles. The first-order valence-corrected chi connectivity index (χ1v) is 7.96. The second-order valence-corrected chi connectivity index (χ2v) is 7.03. The summed E-state index contributed by atoms with van der Waals surface area (Å²) in [7, 11) is -3.03. The van der Waals surface area contributed by atoms with Crippen LogP contribution in [0.3, 0.4) is 0 Å². The summed E-state index contributed by atoms with van der Waals surface area (Å²) in [4.78, 5) is 15.8. The van der Waals surface area contributed by atoms with E-state index in [4.69, 9.17) is 5.73 Å². The Morgan fingerprint density at radius 2 is 2.37 bits per heavy atom. The molecule has 1 fully saturated rings. The molecule has 1 atom stereocenters. The molecule has 2 rings (SSSR count). The Balaban J connectivity index is 1.90. The number of carbonyl (C=O) groups is 1. The summed E-state index contributed by atoms with van der Waals surface area (Å²) in [6.07, 6.45) is 4.43. The van der Waals surface area contributed by atoms with E-state index in [1.165, 1.54) is 6.33 Å². The zero-order valence-corrected chi connectivity index (χ0v) is 11.4. The third-order valence-electron chi connectivity index (χ3n) is 3.21. The van der Waals surface area contributed by atoms with Gasteiger partial charge in [0.05, 0.1) is 17.3 Å². The lowest BCUT2D eigenvalue weighted by molar-refractivity contribution is 0.0949. The molecule has 1 saturated heterocycles. The minimum Gasteiger partial charge on any atom is -0.349 e. The van der Waals surface area contributed by atoms with Crippen LogP contribution in [0.5, 0.6) is 0 Å². The number of nitrogens with one attached hydrogen (secondary N) is 1. The Kier molecular flexibility index (Phi) is 4.20. The van der Waals surface area contributed by atoms with Gasteiger partial charge in [0.1, 0.15) is 5.69 Å². The van der Waals surface area contributed by atoms with E-state index in [1.807, 2.05) is 0 Å². The van der Waals surface area contributed by atoms with Gasteiger partial charge in [0.2, 0.25) is 0 Å². The van der Waals surface area contributed by atoms with Crippen LogP contribution >= 0.6 is 0 Å². The molecule has 1 amide bonds. The van der Waals surface area contributed by atoms with Gasteiger partial charge >= 0.3 is 0 Å². The highest BCUT2D eigenvalue weighted by atomic mass is 32.2. The van der Waals surface area contributed by atoms with Crippen molar-refractivity contribution in [2.24, 2.45) is 5.73 Å². The summed E-state index contributed by atoms with van der Waals surface area (Å²) in [5.41, 5.74) is 5.68. The molecule has 0 bridgehead atoms. The summed E-state index contributed by atoms with van der Waals surface area (Å²) in [6.45, 7) is 1.22. The quantitative estimate of drug-likeness (QED) is 0.733. The predicted octanol–water partition coefficient (Wildman–Crippen LogP) is -0.851. The number of imidazole rings is 1. The molecular formula is C11H18N4O3S. The van der Waals surface area contributed by atoms with Crippen molar-refractivity contribution in [3.8, 4) is 0 Å². The molecule has 1 aromatic rings.